The van der Waals surface area contributed by atoms with E-state index in [2.05, 4.69) is 33.0 Å². The largest absolute Gasteiger partial charge is 0.313 e. The van der Waals surface area contributed by atoms with Crippen molar-refractivity contribution in [1.82, 2.24) is 5.32 Å². The minimum atomic E-state index is 0.519. The quantitative estimate of drug-likeness (QED) is 0.783. The molecule has 0 aromatic heterocycles. The molecule has 0 spiro atoms. The lowest BCUT2D eigenvalue weighted by atomic mass is 9.68. The number of nitrogens with one attached hydrogen (secondary N) is 1. The van der Waals surface area contributed by atoms with E-state index in [1.54, 1.807) is 0 Å². The topological polar surface area (TPSA) is 12.0 Å². The van der Waals surface area contributed by atoms with Gasteiger partial charge in [0.1, 0.15) is 0 Å². The van der Waals surface area contributed by atoms with Crippen LogP contribution in [0.3, 0.4) is 0 Å². The molecule has 1 heteroatoms. The van der Waals surface area contributed by atoms with E-state index in [-0.39, 0.29) is 0 Å². The van der Waals surface area contributed by atoms with Gasteiger partial charge < -0.3 is 5.32 Å². The predicted octanol–water partition coefficient (Wildman–Crippen LogP) is 4.62. The molecular weight excluding hydrogens is 230 g/mol. The molecule has 0 aromatic rings. The summed E-state index contributed by atoms with van der Waals surface area (Å²) in [6.45, 7) is 11.3. The normalized spacial score (nSPS) is 48.6. The summed E-state index contributed by atoms with van der Waals surface area (Å²) in [4.78, 5) is 0. The molecule has 3 saturated carbocycles. The molecular formula is C18H33N. The fourth-order valence-corrected chi connectivity index (χ4v) is 5.78. The first-order valence-corrected chi connectivity index (χ1v) is 8.67. The Morgan fingerprint density at radius 1 is 1.05 bits per heavy atom. The summed E-state index contributed by atoms with van der Waals surface area (Å²) in [7, 11) is 0. The van der Waals surface area contributed by atoms with Crippen LogP contribution in [0.5, 0.6) is 0 Å². The van der Waals surface area contributed by atoms with Crippen LogP contribution in [0.1, 0.15) is 72.6 Å². The zero-order valence-electron chi connectivity index (χ0n) is 13.5. The summed E-state index contributed by atoms with van der Waals surface area (Å²) in [6.07, 6.45) is 10.2. The minimum absolute atomic E-state index is 0.519. The molecule has 0 saturated heterocycles. The number of fused-ring (bicyclic) bond motifs is 2. The van der Waals surface area contributed by atoms with Crippen LogP contribution in [0, 0.1) is 28.6 Å². The summed E-state index contributed by atoms with van der Waals surface area (Å²) in [5.74, 6) is 2.85. The summed E-state index contributed by atoms with van der Waals surface area (Å²) in [5.41, 5.74) is 1.11. The van der Waals surface area contributed by atoms with Crippen molar-refractivity contribution in [2.45, 2.75) is 78.7 Å². The highest BCUT2D eigenvalue weighted by molar-refractivity contribution is 5.12. The SMILES string of the molecule is CC1CCCCC1CNC1C(C)(C)[C@H]2CC[C@]1(C)C2. The van der Waals surface area contributed by atoms with Crippen LogP contribution < -0.4 is 5.32 Å². The maximum Gasteiger partial charge on any atom is 0.0175 e. The van der Waals surface area contributed by atoms with Crippen LogP contribution in [0.15, 0.2) is 0 Å². The van der Waals surface area contributed by atoms with Crippen LogP contribution in [-0.2, 0) is 0 Å². The highest BCUT2D eigenvalue weighted by Gasteiger charge is 2.58. The van der Waals surface area contributed by atoms with Gasteiger partial charge in [0.15, 0.2) is 0 Å². The monoisotopic (exact) mass is 263 g/mol. The maximum atomic E-state index is 4.04. The summed E-state index contributed by atoms with van der Waals surface area (Å²) < 4.78 is 0. The Bertz CT molecular complexity index is 330. The van der Waals surface area contributed by atoms with Crippen molar-refractivity contribution in [3.8, 4) is 0 Å². The van der Waals surface area contributed by atoms with Gasteiger partial charge in [0.25, 0.3) is 0 Å². The lowest BCUT2D eigenvalue weighted by Gasteiger charge is -2.44. The van der Waals surface area contributed by atoms with Gasteiger partial charge in [0.05, 0.1) is 0 Å². The van der Waals surface area contributed by atoms with Crippen LogP contribution in [-0.4, -0.2) is 12.6 Å². The Balaban J connectivity index is 1.63. The molecule has 3 unspecified atom stereocenters. The van der Waals surface area contributed by atoms with Gasteiger partial charge in [-0.25, -0.2) is 0 Å². The van der Waals surface area contributed by atoms with Crippen LogP contribution in [0.2, 0.25) is 0 Å². The van der Waals surface area contributed by atoms with Gasteiger partial charge in [-0.1, -0.05) is 47.0 Å². The Morgan fingerprint density at radius 2 is 1.79 bits per heavy atom. The zero-order chi connectivity index (χ0) is 13.7. The van der Waals surface area contributed by atoms with E-state index in [4.69, 9.17) is 0 Å². The van der Waals surface area contributed by atoms with Crippen molar-refractivity contribution in [3.63, 3.8) is 0 Å². The fourth-order valence-electron chi connectivity index (χ4n) is 5.78. The van der Waals surface area contributed by atoms with Gasteiger partial charge in [-0.15, -0.1) is 0 Å². The third-order valence-corrected chi connectivity index (χ3v) is 7.14. The molecule has 3 aliphatic rings. The Labute approximate surface area is 119 Å². The van der Waals surface area contributed by atoms with Crippen LogP contribution >= 0.6 is 0 Å². The van der Waals surface area contributed by atoms with Crippen molar-refractivity contribution in [2.24, 2.45) is 28.6 Å². The van der Waals surface area contributed by atoms with Gasteiger partial charge in [-0.3, -0.25) is 0 Å². The van der Waals surface area contributed by atoms with E-state index in [1.165, 1.54) is 51.5 Å². The van der Waals surface area contributed by atoms with Crippen LogP contribution in [0.4, 0.5) is 0 Å². The number of hydrogen-bond donors (Lipinski definition) is 1. The Hall–Kier alpha value is -0.0400. The standard InChI is InChI=1S/C18H33N/c1-13-7-5-6-8-14(13)12-19-16-17(2,3)15-9-10-18(16,4)11-15/h13-16,19H,5-12H2,1-4H3/t13?,14?,15-,16?,18+/m0/s1. The summed E-state index contributed by atoms with van der Waals surface area (Å²) in [6, 6.07) is 0.757. The first-order valence-electron chi connectivity index (χ1n) is 8.67. The Morgan fingerprint density at radius 3 is 2.42 bits per heavy atom. The molecule has 1 N–H and O–H groups in total. The molecule has 3 rings (SSSR count). The minimum Gasteiger partial charge on any atom is -0.313 e. The van der Waals surface area contributed by atoms with Crippen molar-refractivity contribution in [2.75, 3.05) is 6.54 Å². The average molecular weight is 263 g/mol. The lowest BCUT2D eigenvalue weighted by molar-refractivity contribution is 0.0979. The number of hydrogen-bond acceptors (Lipinski definition) is 1. The summed E-state index contributed by atoms with van der Waals surface area (Å²) in [5, 5.41) is 4.04. The van der Waals surface area contributed by atoms with Gasteiger partial charge in [-0.2, -0.15) is 0 Å². The van der Waals surface area contributed by atoms with E-state index in [0.717, 1.165) is 23.8 Å². The molecule has 5 atom stereocenters. The highest BCUT2D eigenvalue weighted by Crippen LogP contribution is 2.62. The zero-order valence-corrected chi connectivity index (χ0v) is 13.5. The lowest BCUT2D eigenvalue weighted by Crippen LogP contribution is -2.52. The predicted molar refractivity (Wildman–Crippen MR) is 82.1 cm³/mol. The molecule has 3 aliphatic carbocycles. The molecule has 19 heavy (non-hydrogen) atoms. The van der Waals surface area contributed by atoms with Crippen molar-refractivity contribution >= 4 is 0 Å². The molecule has 0 aliphatic heterocycles. The smallest absolute Gasteiger partial charge is 0.0175 e. The molecule has 0 radical (unpaired) electrons. The third kappa shape index (κ3) is 2.26. The van der Waals surface area contributed by atoms with Gasteiger partial charge >= 0.3 is 0 Å². The second-order valence-corrected chi connectivity index (χ2v) is 8.78. The maximum absolute atomic E-state index is 4.04. The van der Waals surface area contributed by atoms with Crippen molar-refractivity contribution in [3.05, 3.63) is 0 Å². The van der Waals surface area contributed by atoms with Gasteiger partial charge in [-0.05, 0) is 60.8 Å². The summed E-state index contributed by atoms with van der Waals surface area (Å²) >= 11 is 0. The second-order valence-electron chi connectivity index (χ2n) is 8.78. The first-order chi connectivity index (χ1) is 8.93. The molecule has 2 bridgehead atoms. The van der Waals surface area contributed by atoms with Crippen molar-refractivity contribution < 1.29 is 0 Å². The van der Waals surface area contributed by atoms with Gasteiger partial charge in [0.2, 0.25) is 0 Å². The highest BCUT2D eigenvalue weighted by atomic mass is 15.0. The van der Waals surface area contributed by atoms with E-state index in [9.17, 15) is 0 Å². The van der Waals surface area contributed by atoms with E-state index in [0.29, 0.717) is 10.8 Å². The average Bonchev–Trinajstić information content (AvgIpc) is 2.82. The second kappa shape index (κ2) is 4.76. The van der Waals surface area contributed by atoms with Crippen molar-refractivity contribution in [1.29, 1.82) is 0 Å². The molecule has 3 fully saturated rings. The van der Waals surface area contributed by atoms with E-state index >= 15 is 0 Å². The van der Waals surface area contributed by atoms with E-state index in [1.807, 2.05) is 0 Å². The molecule has 110 valence electrons. The van der Waals surface area contributed by atoms with Gasteiger partial charge in [0, 0.05) is 6.04 Å². The fraction of sp³-hybridized carbons (Fsp3) is 1.00. The van der Waals surface area contributed by atoms with E-state index < -0.39 is 0 Å². The molecule has 0 heterocycles. The number of rotatable bonds is 3. The molecule has 0 amide bonds. The van der Waals surface area contributed by atoms with Crippen LogP contribution in [0.25, 0.3) is 0 Å². The first kappa shape index (κ1) is 13.9. The third-order valence-electron chi connectivity index (χ3n) is 7.14. The Kier molecular flexibility index (Phi) is 3.48. The molecule has 1 nitrogen and oxygen atoms in total. The molecule has 0 aromatic carbocycles.